The first-order valence-electron chi connectivity index (χ1n) is 15.9. The molecule has 2 amide bonds. The molecule has 1 aromatic carbocycles. The Balaban J connectivity index is 1.12. The Morgan fingerprint density at radius 2 is 1.80 bits per heavy atom. The van der Waals surface area contributed by atoms with E-state index in [0.717, 1.165) is 39.0 Å². The van der Waals surface area contributed by atoms with Crippen LogP contribution in [0.25, 0.3) is 16.9 Å². The second kappa shape index (κ2) is 15.3. The quantitative estimate of drug-likeness (QED) is 0.232. The minimum atomic E-state index is -3.12. The number of nitrogens with one attached hydrogen (secondary N) is 1. The largest absolute Gasteiger partial charge is 0.469 e. The number of rotatable bonds is 11. The smallest absolute Gasteiger partial charge is 0.387 e. The summed E-state index contributed by atoms with van der Waals surface area (Å²) in [4.78, 5) is 49.3. The van der Waals surface area contributed by atoms with E-state index in [1.54, 1.807) is 17.2 Å². The summed E-state index contributed by atoms with van der Waals surface area (Å²) in [6, 6.07) is 5.77. The Bertz CT molecular complexity index is 1800. The van der Waals surface area contributed by atoms with Crippen molar-refractivity contribution in [2.24, 2.45) is 5.92 Å². The lowest BCUT2D eigenvalue weighted by Crippen LogP contribution is -2.51. The first kappa shape index (κ1) is 34.2. The van der Waals surface area contributed by atoms with Crippen molar-refractivity contribution < 1.29 is 32.6 Å². The molecule has 0 bridgehead atoms. The van der Waals surface area contributed by atoms with E-state index in [-0.39, 0.29) is 57.6 Å². The van der Waals surface area contributed by atoms with Crippen LogP contribution in [0, 0.1) is 5.92 Å². The molecule has 6 rings (SSSR count). The third-order valence-electron chi connectivity index (χ3n) is 8.82. The van der Waals surface area contributed by atoms with Gasteiger partial charge in [-0.3, -0.25) is 24.0 Å². The molecule has 2 aliphatic heterocycles. The second-order valence-electron chi connectivity index (χ2n) is 11.9. The summed E-state index contributed by atoms with van der Waals surface area (Å²) < 4.78 is 39.1. The molecule has 2 saturated heterocycles. The molecule has 0 atom stereocenters. The van der Waals surface area contributed by atoms with E-state index in [1.807, 2.05) is 0 Å². The van der Waals surface area contributed by atoms with Crippen molar-refractivity contribution in [3.63, 3.8) is 0 Å². The van der Waals surface area contributed by atoms with Crippen LogP contribution in [0.3, 0.4) is 0 Å². The maximum atomic E-state index is 13.4. The van der Waals surface area contributed by atoms with E-state index >= 15 is 0 Å². The van der Waals surface area contributed by atoms with E-state index in [2.05, 4.69) is 30.3 Å². The maximum Gasteiger partial charge on any atom is 0.387 e. The van der Waals surface area contributed by atoms with Crippen molar-refractivity contribution in [2.75, 3.05) is 64.8 Å². The number of piperazine rings is 1. The fourth-order valence-corrected chi connectivity index (χ4v) is 6.33. The molecule has 4 aromatic rings. The number of anilines is 1. The Hall–Kier alpha value is -4.67. The van der Waals surface area contributed by atoms with Crippen LogP contribution in [0.4, 0.5) is 14.5 Å². The average molecular weight is 700 g/mol. The Morgan fingerprint density at radius 3 is 2.51 bits per heavy atom. The minimum absolute atomic E-state index is 0.0259. The van der Waals surface area contributed by atoms with Crippen LogP contribution in [0.15, 0.2) is 49.1 Å². The summed E-state index contributed by atoms with van der Waals surface area (Å²) >= 11 is 6.23. The lowest BCUT2D eigenvalue weighted by molar-refractivity contribution is -0.147. The lowest BCUT2D eigenvalue weighted by Gasteiger charge is -2.37. The maximum absolute atomic E-state index is 13.4. The fourth-order valence-electron chi connectivity index (χ4n) is 6.16. The van der Waals surface area contributed by atoms with Gasteiger partial charge in [-0.1, -0.05) is 11.6 Å². The number of carbonyl (C=O) groups is 3. The van der Waals surface area contributed by atoms with E-state index in [4.69, 9.17) is 21.1 Å². The van der Waals surface area contributed by atoms with Crippen LogP contribution in [-0.4, -0.2) is 123 Å². The Morgan fingerprint density at radius 1 is 1.06 bits per heavy atom. The SMILES string of the molecule is COC(=O)C1CCN(CCN2CCN(C(=O)Cn3cc(NC(=O)c4cnn5cccnc45)c(-c4cc(Cl)ccc4OC(F)F)n3)CC2)CC1. The summed E-state index contributed by atoms with van der Waals surface area (Å²) in [7, 11) is 1.43. The number of fused-ring (bicyclic) bond motifs is 1. The number of amides is 2. The molecular formula is C32H36ClF2N9O5. The monoisotopic (exact) mass is 699 g/mol. The third kappa shape index (κ3) is 8.14. The highest BCUT2D eigenvalue weighted by molar-refractivity contribution is 6.31. The molecule has 0 unspecified atom stereocenters. The van der Waals surface area contributed by atoms with Crippen LogP contribution in [-0.2, 0) is 20.9 Å². The molecule has 17 heteroatoms. The van der Waals surface area contributed by atoms with Gasteiger partial charge in [0.2, 0.25) is 5.91 Å². The van der Waals surface area contributed by atoms with Gasteiger partial charge < -0.3 is 24.6 Å². The normalized spacial score (nSPS) is 16.3. The van der Waals surface area contributed by atoms with Gasteiger partial charge >= 0.3 is 12.6 Å². The van der Waals surface area contributed by atoms with Crippen molar-refractivity contribution in [3.05, 3.63) is 59.6 Å². The van der Waals surface area contributed by atoms with Gasteiger partial charge in [0.15, 0.2) is 5.65 Å². The number of carbonyl (C=O) groups excluding carboxylic acids is 3. The number of benzene rings is 1. The first-order valence-corrected chi connectivity index (χ1v) is 16.3. The molecule has 1 N–H and O–H groups in total. The molecule has 5 heterocycles. The van der Waals surface area contributed by atoms with Gasteiger partial charge in [0.25, 0.3) is 5.91 Å². The summed E-state index contributed by atoms with van der Waals surface area (Å²) in [5.41, 5.74) is 0.833. The zero-order chi connectivity index (χ0) is 34.5. The lowest BCUT2D eigenvalue weighted by atomic mass is 9.97. The van der Waals surface area contributed by atoms with Gasteiger partial charge in [-0.15, -0.1) is 0 Å². The molecule has 0 saturated carbocycles. The molecule has 0 aliphatic carbocycles. The number of esters is 1. The van der Waals surface area contributed by atoms with Gasteiger partial charge in [0, 0.05) is 68.4 Å². The van der Waals surface area contributed by atoms with Crippen LogP contribution >= 0.6 is 11.6 Å². The van der Waals surface area contributed by atoms with E-state index in [1.165, 1.54) is 53.1 Å². The van der Waals surface area contributed by atoms with Crippen LogP contribution in [0.1, 0.15) is 23.2 Å². The number of methoxy groups -OCH3 is 1. The van der Waals surface area contributed by atoms with Crippen LogP contribution < -0.4 is 10.1 Å². The Labute approximate surface area is 285 Å². The number of halogens is 3. The van der Waals surface area contributed by atoms with Gasteiger partial charge in [-0.25, -0.2) is 9.50 Å². The number of nitrogens with zero attached hydrogens (tertiary/aromatic N) is 8. The number of hydrogen-bond donors (Lipinski definition) is 1. The third-order valence-corrected chi connectivity index (χ3v) is 9.06. The zero-order valence-corrected chi connectivity index (χ0v) is 27.6. The molecule has 0 radical (unpaired) electrons. The van der Waals surface area contributed by atoms with Gasteiger partial charge in [0.05, 0.1) is 24.9 Å². The van der Waals surface area contributed by atoms with E-state index in [0.29, 0.717) is 31.8 Å². The van der Waals surface area contributed by atoms with E-state index < -0.39 is 12.5 Å². The summed E-state index contributed by atoms with van der Waals surface area (Å²) in [5.74, 6) is -1.11. The molecule has 3 aromatic heterocycles. The average Bonchev–Trinajstić information content (AvgIpc) is 3.72. The highest BCUT2D eigenvalue weighted by Gasteiger charge is 2.28. The number of aromatic nitrogens is 5. The molecule has 2 fully saturated rings. The molecule has 14 nitrogen and oxygen atoms in total. The fraction of sp³-hybridized carbons (Fsp3) is 0.438. The second-order valence-corrected chi connectivity index (χ2v) is 12.3. The van der Waals surface area contributed by atoms with Gasteiger partial charge in [-0.05, 0) is 50.2 Å². The van der Waals surface area contributed by atoms with Crippen LogP contribution in [0.2, 0.25) is 5.02 Å². The molecule has 2 aliphatic rings. The number of ether oxygens (including phenoxy) is 2. The van der Waals surface area contributed by atoms with Crippen molar-refractivity contribution >= 4 is 40.7 Å². The van der Waals surface area contributed by atoms with Crippen molar-refractivity contribution in [1.29, 1.82) is 0 Å². The van der Waals surface area contributed by atoms with Crippen LogP contribution in [0.5, 0.6) is 5.75 Å². The van der Waals surface area contributed by atoms with Crippen molar-refractivity contribution in [2.45, 2.75) is 26.0 Å². The molecule has 260 valence electrons. The summed E-state index contributed by atoms with van der Waals surface area (Å²) in [6.07, 6.45) is 7.60. The van der Waals surface area contributed by atoms with Gasteiger partial charge in [-0.2, -0.15) is 19.0 Å². The number of piperidine rings is 1. The number of likely N-dealkylation sites (tertiary alicyclic amines) is 1. The topological polar surface area (TPSA) is 139 Å². The first-order chi connectivity index (χ1) is 23.7. The van der Waals surface area contributed by atoms with Gasteiger partial charge in [0.1, 0.15) is 23.6 Å². The molecule has 0 spiro atoms. The number of hydrogen-bond acceptors (Lipinski definition) is 10. The highest BCUT2D eigenvalue weighted by Crippen LogP contribution is 2.37. The zero-order valence-electron chi connectivity index (χ0n) is 26.8. The summed E-state index contributed by atoms with van der Waals surface area (Å²) in [6.45, 7) is 2.67. The highest BCUT2D eigenvalue weighted by atomic mass is 35.5. The number of alkyl halides is 2. The van der Waals surface area contributed by atoms with Crippen molar-refractivity contribution in [3.8, 4) is 17.0 Å². The molecule has 49 heavy (non-hydrogen) atoms. The van der Waals surface area contributed by atoms with Crippen molar-refractivity contribution in [1.82, 2.24) is 39.1 Å². The minimum Gasteiger partial charge on any atom is -0.469 e. The Kier molecular flexibility index (Phi) is 10.7. The van der Waals surface area contributed by atoms with E-state index in [9.17, 15) is 23.2 Å². The predicted molar refractivity (Wildman–Crippen MR) is 174 cm³/mol. The standard InChI is InChI=1S/C32H36ClF2N9O5/c1-48-31(47)21-5-9-40(10-6-21)11-12-41-13-15-42(16-14-41)27(45)20-43-19-25(38-30(46)24-18-37-44-8-2-7-36-29(24)44)28(39-43)23-17-22(33)3-4-26(23)49-32(34)35/h2-4,7-8,17-19,21,32H,5-6,9-16,20H2,1H3,(H,38,46). The summed E-state index contributed by atoms with van der Waals surface area (Å²) in [5, 5.41) is 11.7. The predicted octanol–water partition coefficient (Wildman–Crippen LogP) is 3.13. The molecular weight excluding hydrogens is 664 g/mol.